The number of nitrogens with one attached hydrogen (secondary N) is 3. The molecule has 1 aliphatic heterocycles. The van der Waals surface area contributed by atoms with Gasteiger partial charge in [0, 0.05) is 17.6 Å². The minimum absolute atomic E-state index is 0.267. The first-order valence-electron chi connectivity index (χ1n) is 12.2. The number of carbonyl (C=O) groups excluding carboxylic acids is 1. The highest BCUT2D eigenvalue weighted by molar-refractivity contribution is 7.92. The Morgan fingerprint density at radius 2 is 1.41 bits per heavy atom. The first-order chi connectivity index (χ1) is 17.8. The number of rotatable bonds is 10. The fraction of sp³-hybridized carbons (Fsp3) is 0.214. The average molecular weight is 518 g/mol. The molecule has 3 aromatic carbocycles. The Kier molecular flexibility index (Phi) is 7.93. The van der Waals surface area contributed by atoms with Gasteiger partial charge in [0.25, 0.3) is 15.9 Å². The maximum absolute atomic E-state index is 13.3. The first kappa shape index (κ1) is 26.0. The molecule has 37 heavy (non-hydrogen) atoms. The second kappa shape index (κ2) is 11.3. The highest BCUT2D eigenvalue weighted by atomic mass is 32.2. The van der Waals surface area contributed by atoms with Crippen molar-refractivity contribution in [3.8, 4) is 0 Å². The molecule has 0 aromatic heterocycles. The summed E-state index contributed by atoms with van der Waals surface area (Å²) in [5.74, 6) is -0.666. The quantitative estimate of drug-likeness (QED) is 0.315. The van der Waals surface area contributed by atoms with Gasteiger partial charge >= 0.3 is 0 Å². The molecular formula is C28H31N5O3S. The Morgan fingerprint density at radius 3 is 2.08 bits per heavy atom. The lowest BCUT2D eigenvalue weighted by Crippen LogP contribution is -2.26. The molecule has 0 radical (unpaired) electrons. The second-order valence-electron chi connectivity index (χ2n) is 8.58. The van der Waals surface area contributed by atoms with Crippen LogP contribution in [0.3, 0.4) is 0 Å². The summed E-state index contributed by atoms with van der Waals surface area (Å²) < 4.78 is 28.5. The average Bonchev–Trinajstić information content (AvgIpc) is 3.19. The van der Waals surface area contributed by atoms with Crippen LogP contribution in [0.2, 0.25) is 0 Å². The van der Waals surface area contributed by atoms with Crippen LogP contribution in [0, 0.1) is 0 Å². The van der Waals surface area contributed by atoms with Crippen LogP contribution < -0.4 is 20.4 Å². The normalized spacial score (nSPS) is 14.6. The van der Waals surface area contributed by atoms with Crippen LogP contribution in [0.5, 0.6) is 0 Å². The number of aryl methyl sites for hydroxylation is 2. The number of sulfonamides is 1. The van der Waals surface area contributed by atoms with E-state index in [4.69, 9.17) is 0 Å². The molecular weight excluding hydrogens is 486 g/mol. The van der Waals surface area contributed by atoms with Gasteiger partial charge < -0.3 is 10.6 Å². The van der Waals surface area contributed by atoms with Gasteiger partial charge in [-0.2, -0.15) is 10.1 Å². The summed E-state index contributed by atoms with van der Waals surface area (Å²) in [6, 6.07) is 22.2. The predicted octanol–water partition coefficient (Wildman–Crippen LogP) is 5.34. The van der Waals surface area contributed by atoms with E-state index in [1.165, 1.54) is 5.01 Å². The largest absolute Gasteiger partial charge is 0.370 e. The number of hydrazone groups is 1. The number of carbonyl (C=O) groups is 1. The molecule has 0 unspecified atom stereocenters. The number of nitrogens with zero attached hydrogens (tertiary/aromatic N) is 2. The van der Waals surface area contributed by atoms with Gasteiger partial charge in [0.15, 0.2) is 0 Å². The van der Waals surface area contributed by atoms with Crippen LogP contribution in [0.15, 0.2) is 89.7 Å². The van der Waals surface area contributed by atoms with E-state index in [1.54, 1.807) is 37.4 Å². The van der Waals surface area contributed by atoms with E-state index in [0.29, 0.717) is 17.0 Å². The van der Waals surface area contributed by atoms with E-state index >= 15 is 0 Å². The number of benzene rings is 3. The van der Waals surface area contributed by atoms with Crippen molar-refractivity contribution in [3.05, 3.63) is 95.7 Å². The van der Waals surface area contributed by atoms with Gasteiger partial charge in [-0.15, -0.1) is 0 Å². The Balaban J connectivity index is 1.52. The molecule has 0 saturated carbocycles. The Bertz CT molecular complexity index is 1460. The molecule has 1 heterocycles. The van der Waals surface area contributed by atoms with Crippen molar-refractivity contribution in [1.82, 2.24) is 0 Å². The van der Waals surface area contributed by atoms with Gasteiger partial charge in [0.2, 0.25) is 0 Å². The van der Waals surface area contributed by atoms with E-state index in [0.717, 1.165) is 35.3 Å². The lowest BCUT2D eigenvalue weighted by Gasteiger charge is -2.18. The van der Waals surface area contributed by atoms with Crippen molar-refractivity contribution < 1.29 is 13.2 Å². The molecule has 8 nitrogen and oxygen atoms in total. The molecule has 192 valence electrons. The molecule has 1 amide bonds. The highest BCUT2D eigenvalue weighted by Gasteiger charge is 2.31. The lowest BCUT2D eigenvalue weighted by atomic mass is 10.1. The van der Waals surface area contributed by atoms with Gasteiger partial charge in [-0.25, -0.2) is 8.42 Å². The summed E-state index contributed by atoms with van der Waals surface area (Å²) in [5, 5.41) is 11.9. The molecule has 0 spiro atoms. The molecule has 0 saturated heterocycles. The number of anilines is 4. The van der Waals surface area contributed by atoms with Gasteiger partial charge in [-0.1, -0.05) is 62.4 Å². The van der Waals surface area contributed by atoms with Gasteiger partial charge in [0.1, 0.15) is 5.88 Å². The number of amides is 1. The standard InChI is InChI=1S/C28H31N5O3S/c1-4-21-12-6-8-14-24(21)29-18-23-20(3)31-33(28(23)34)27-17-11-10-16-26(27)32-37(35,36)19-30-25-15-9-7-13-22(25)5-2/h6-18,29-30,32H,4-5,19H2,1-3H3. The van der Waals surface area contributed by atoms with Crippen LogP contribution in [-0.2, 0) is 27.7 Å². The molecule has 4 rings (SSSR count). The van der Waals surface area contributed by atoms with Crippen molar-refractivity contribution in [3.63, 3.8) is 0 Å². The van der Waals surface area contributed by atoms with E-state index in [9.17, 15) is 13.2 Å². The van der Waals surface area contributed by atoms with Crippen LogP contribution in [0.1, 0.15) is 31.9 Å². The van der Waals surface area contributed by atoms with Crippen molar-refractivity contribution in [1.29, 1.82) is 0 Å². The van der Waals surface area contributed by atoms with E-state index in [2.05, 4.69) is 27.4 Å². The fourth-order valence-corrected chi connectivity index (χ4v) is 5.01. The third kappa shape index (κ3) is 6.00. The second-order valence-corrected chi connectivity index (χ2v) is 10.3. The third-order valence-electron chi connectivity index (χ3n) is 6.08. The van der Waals surface area contributed by atoms with Crippen LogP contribution in [0.25, 0.3) is 0 Å². The van der Waals surface area contributed by atoms with E-state index < -0.39 is 10.0 Å². The van der Waals surface area contributed by atoms with Crippen molar-refractivity contribution in [2.24, 2.45) is 5.10 Å². The summed E-state index contributed by atoms with van der Waals surface area (Å²) in [6.45, 7) is 5.83. The minimum Gasteiger partial charge on any atom is -0.370 e. The monoisotopic (exact) mass is 517 g/mol. The summed E-state index contributed by atoms with van der Waals surface area (Å²) in [6.07, 6.45) is 3.28. The molecule has 9 heteroatoms. The maximum atomic E-state index is 13.3. The van der Waals surface area contributed by atoms with Crippen molar-refractivity contribution >= 4 is 44.4 Å². The molecule has 0 bridgehead atoms. The summed E-state index contributed by atoms with van der Waals surface area (Å²) in [5.41, 5.74) is 5.40. The number of hydrogen-bond acceptors (Lipinski definition) is 6. The van der Waals surface area contributed by atoms with Gasteiger partial charge in [-0.3, -0.25) is 9.52 Å². The number of hydrogen-bond donors (Lipinski definition) is 3. The fourth-order valence-electron chi connectivity index (χ4n) is 4.09. The summed E-state index contributed by atoms with van der Waals surface area (Å²) in [4.78, 5) is 13.3. The van der Waals surface area contributed by atoms with Crippen molar-refractivity contribution in [2.45, 2.75) is 33.6 Å². The zero-order chi connectivity index (χ0) is 26.4. The Hall–Kier alpha value is -4.11. The summed E-state index contributed by atoms with van der Waals surface area (Å²) >= 11 is 0. The molecule has 1 aliphatic rings. The van der Waals surface area contributed by atoms with Gasteiger partial charge in [0.05, 0.1) is 22.7 Å². The molecule has 0 fully saturated rings. The highest BCUT2D eigenvalue weighted by Crippen LogP contribution is 2.31. The maximum Gasteiger partial charge on any atom is 0.282 e. The Morgan fingerprint density at radius 1 is 0.838 bits per heavy atom. The molecule has 3 aromatic rings. The van der Waals surface area contributed by atoms with Crippen LogP contribution in [-0.4, -0.2) is 25.9 Å². The van der Waals surface area contributed by atoms with E-state index in [1.807, 2.05) is 55.5 Å². The minimum atomic E-state index is -3.78. The lowest BCUT2D eigenvalue weighted by molar-refractivity contribution is -0.114. The van der Waals surface area contributed by atoms with Crippen molar-refractivity contribution in [2.75, 3.05) is 26.2 Å². The third-order valence-corrected chi connectivity index (χ3v) is 7.14. The zero-order valence-corrected chi connectivity index (χ0v) is 22.0. The van der Waals surface area contributed by atoms with E-state index in [-0.39, 0.29) is 17.5 Å². The smallest absolute Gasteiger partial charge is 0.282 e. The first-order valence-corrected chi connectivity index (χ1v) is 13.8. The predicted molar refractivity (Wildman–Crippen MR) is 151 cm³/mol. The number of para-hydroxylation sites is 4. The zero-order valence-electron chi connectivity index (χ0n) is 21.2. The molecule has 3 N–H and O–H groups in total. The molecule has 0 atom stereocenters. The summed E-state index contributed by atoms with van der Waals surface area (Å²) in [7, 11) is -3.78. The topological polar surface area (TPSA) is 103 Å². The van der Waals surface area contributed by atoms with Crippen LogP contribution in [0.4, 0.5) is 22.7 Å². The Labute approximate surface area is 218 Å². The van der Waals surface area contributed by atoms with Gasteiger partial charge in [-0.05, 0) is 55.2 Å². The van der Waals surface area contributed by atoms with Crippen LogP contribution >= 0.6 is 0 Å². The molecule has 0 aliphatic carbocycles. The SMILES string of the molecule is CCc1ccccc1NC=C1C(=O)N(c2ccccc2NS(=O)(=O)CNc2ccccc2CC)N=C1C.